The van der Waals surface area contributed by atoms with Crippen LogP contribution in [0.1, 0.15) is 17.3 Å². The Balaban J connectivity index is 2.89. The molecule has 0 spiro atoms. The highest BCUT2D eigenvalue weighted by atomic mass is 35.5. The van der Waals surface area contributed by atoms with Crippen molar-refractivity contribution in [3.05, 3.63) is 27.7 Å². The average Bonchev–Trinajstić information content (AvgIpc) is 2.20. The number of rotatable bonds is 5. The third-order valence-corrected chi connectivity index (χ3v) is 2.15. The van der Waals surface area contributed by atoms with Crippen LogP contribution in [0.25, 0.3) is 0 Å². The van der Waals surface area contributed by atoms with Crippen LogP contribution in [0.15, 0.2) is 12.1 Å². The van der Waals surface area contributed by atoms with Gasteiger partial charge in [0.25, 0.3) is 0 Å². The highest BCUT2D eigenvalue weighted by Gasteiger charge is 2.09. The summed E-state index contributed by atoms with van der Waals surface area (Å²) in [5.41, 5.74) is 0.312. The summed E-state index contributed by atoms with van der Waals surface area (Å²) in [6.45, 7) is 2.42. The van der Waals surface area contributed by atoms with Crippen molar-refractivity contribution in [2.75, 3.05) is 13.4 Å². The first-order valence-electron chi connectivity index (χ1n) is 4.33. The van der Waals surface area contributed by atoms with E-state index >= 15 is 0 Å². The first-order chi connectivity index (χ1) is 7.19. The second kappa shape index (κ2) is 5.95. The molecule has 0 heterocycles. The van der Waals surface area contributed by atoms with Gasteiger partial charge in [-0.2, -0.15) is 0 Å². The molecule has 0 saturated carbocycles. The Hall–Kier alpha value is -0.770. The molecule has 0 amide bonds. The van der Waals surface area contributed by atoms with Gasteiger partial charge in [0.05, 0.1) is 10.6 Å². The van der Waals surface area contributed by atoms with Crippen LogP contribution in [-0.2, 0) is 4.74 Å². The van der Waals surface area contributed by atoms with Gasteiger partial charge in [0.2, 0.25) is 0 Å². The molecule has 0 aromatic heterocycles. The summed E-state index contributed by atoms with van der Waals surface area (Å²) in [6.07, 6.45) is 0.638. The molecule has 1 aromatic carbocycles. The number of hydrogen-bond donors (Lipinski definition) is 0. The van der Waals surface area contributed by atoms with Gasteiger partial charge in [-0.05, 0) is 19.1 Å². The molecule has 0 aliphatic carbocycles. The van der Waals surface area contributed by atoms with Gasteiger partial charge in [-0.3, -0.25) is 4.79 Å². The fourth-order valence-corrected chi connectivity index (χ4v) is 1.57. The molecular weight excluding hydrogens is 239 g/mol. The van der Waals surface area contributed by atoms with E-state index in [1.165, 1.54) is 12.1 Å². The van der Waals surface area contributed by atoms with Crippen molar-refractivity contribution < 1.29 is 14.3 Å². The lowest BCUT2D eigenvalue weighted by atomic mass is 10.2. The highest BCUT2D eigenvalue weighted by Crippen LogP contribution is 2.31. The smallest absolute Gasteiger partial charge is 0.189 e. The summed E-state index contributed by atoms with van der Waals surface area (Å²) in [5.74, 6) is 0.296. The predicted octanol–water partition coefficient (Wildman–Crippen LogP) is 3.18. The Kier molecular flexibility index (Phi) is 4.88. The Labute approximate surface area is 97.9 Å². The third kappa shape index (κ3) is 3.38. The molecule has 0 saturated heterocycles. The molecule has 0 radical (unpaired) electrons. The largest absolute Gasteiger partial charge is 0.465 e. The van der Waals surface area contributed by atoms with E-state index in [2.05, 4.69) is 0 Å². The normalized spacial score (nSPS) is 10.1. The molecule has 0 unspecified atom stereocenters. The maximum atomic E-state index is 10.7. The molecule has 15 heavy (non-hydrogen) atoms. The van der Waals surface area contributed by atoms with Crippen LogP contribution in [0.4, 0.5) is 0 Å². The van der Waals surface area contributed by atoms with Crippen LogP contribution in [0, 0.1) is 0 Å². The Bertz CT molecular complexity index is 353. The molecule has 0 bridgehead atoms. The molecule has 0 aliphatic heterocycles. The Morgan fingerprint density at radius 1 is 1.40 bits per heavy atom. The number of ether oxygens (including phenoxy) is 2. The van der Waals surface area contributed by atoms with Gasteiger partial charge in [0.1, 0.15) is 0 Å². The van der Waals surface area contributed by atoms with Crippen LogP contribution in [0.5, 0.6) is 5.75 Å². The third-order valence-electron chi connectivity index (χ3n) is 1.65. The summed E-state index contributed by atoms with van der Waals surface area (Å²) in [6, 6.07) is 3.00. The van der Waals surface area contributed by atoms with Crippen molar-refractivity contribution in [2.24, 2.45) is 0 Å². The van der Waals surface area contributed by atoms with E-state index in [0.717, 1.165) is 0 Å². The van der Waals surface area contributed by atoms with Gasteiger partial charge in [-0.25, -0.2) is 0 Å². The second-order valence-electron chi connectivity index (χ2n) is 2.68. The van der Waals surface area contributed by atoms with E-state index in [4.69, 9.17) is 32.7 Å². The van der Waals surface area contributed by atoms with Crippen molar-refractivity contribution in [1.29, 1.82) is 0 Å². The number of hydrogen-bond acceptors (Lipinski definition) is 3. The monoisotopic (exact) mass is 248 g/mol. The van der Waals surface area contributed by atoms with E-state index in [9.17, 15) is 4.79 Å². The van der Waals surface area contributed by atoms with Crippen LogP contribution in [0.2, 0.25) is 10.0 Å². The SMILES string of the molecule is CCOCOc1c(Cl)cc(Cl)cc1C=O. The predicted molar refractivity (Wildman–Crippen MR) is 59.0 cm³/mol. The lowest BCUT2D eigenvalue weighted by Gasteiger charge is -2.10. The van der Waals surface area contributed by atoms with Gasteiger partial charge in [0, 0.05) is 11.6 Å². The second-order valence-corrected chi connectivity index (χ2v) is 3.52. The maximum absolute atomic E-state index is 10.7. The summed E-state index contributed by atoms with van der Waals surface area (Å²) >= 11 is 11.6. The van der Waals surface area contributed by atoms with Crippen LogP contribution < -0.4 is 4.74 Å². The fraction of sp³-hybridized carbons (Fsp3) is 0.300. The Morgan fingerprint density at radius 2 is 2.13 bits per heavy atom. The zero-order chi connectivity index (χ0) is 11.3. The summed E-state index contributed by atoms with van der Waals surface area (Å²) in [5, 5.41) is 0.690. The summed E-state index contributed by atoms with van der Waals surface area (Å²) in [4.78, 5) is 10.7. The highest BCUT2D eigenvalue weighted by molar-refractivity contribution is 6.36. The van der Waals surface area contributed by atoms with Crippen molar-refractivity contribution in [3.63, 3.8) is 0 Å². The molecule has 0 atom stereocenters. The molecule has 1 aromatic rings. The van der Waals surface area contributed by atoms with Gasteiger partial charge in [-0.15, -0.1) is 0 Å². The number of carbonyl (C=O) groups is 1. The Morgan fingerprint density at radius 3 is 2.73 bits per heavy atom. The minimum Gasteiger partial charge on any atom is -0.465 e. The van der Waals surface area contributed by atoms with E-state index in [1.54, 1.807) is 0 Å². The molecule has 0 fully saturated rings. The van der Waals surface area contributed by atoms with Crippen LogP contribution >= 0.6 is 23.2 Å². The van der Waals surface area contributed by atoms with Crippen molar-refractivity contribution in [3.8, 4) is 5.75 Å². The van der Waals surface area contributed by atoms with Crippen molar-refractivity contribution in [1.82, 2.24) is 0 Å². The van der Waals surface area contributed by atoms with E-state index < -0.39 is 0 Å². The summed E-state index contributed by atoms with van der Waals surface area (Å²) in [7, 11) is 0. The molecule has 82 valence electrons. The fourth-order valence-electron chi connectivity index (χ4n) is 1.00. The maximum Gasteiger partial charge on any atom is 0.189 e. The van der Waals surface area contributed by atoms with Crippen molar-refractivity contribution in [2.45, 2.75) is 6.92 Å². The summed E-state index contributed by atoms with van der Waals surface area (Å²) < 4.78 is 10.2. The lowest BCUT2D eigenvalue weighted by molar-refractivity contribution is 0.0221. The minimum absolute atomic E-state index is 0.0543. The molecule has 1 rings (SSSR count). The first-order valence-corrected chi connectivity index (χ1v) is 5.09. The number of halogens is 2. The molecule has 3 nitrogen and oxygen atoms in total. The van der Waals surface area contributed by atoms with E-state index in [1.807, 2.05) is 6.92 Å². The van der Waals surface area contributed by atoms with Crippen molar-refractivity contribution >= 4 is 29.5 Å². The van der Waals surface area contributed by atoms with Gasteiger partial charge in [-0.1, -0.05) is 23.2 Å². The standard InChI is InChI=1S/C10H10Cl2O3/c1-2-14-6-15-10-7(5-13)3-8(11)4-9(10)12/h3-5H,2,6H2,1H3. The van der Waals surface area contributed by atoms with Crippen LogP contribution in [-0.4, -0.2) is 19.7 Å². The lowest BCUT2D eigenvalue weighted by Crippen LogP contribution is -2.04. The van der Waals surface area contributed by atoms with Gasteiger partial charge in [0.15, 0.2) is 18.8 Å². The zero-order valence-corrected chi connectivity index (χ0v) is 9.64. The van der Waals surface area contributed by atoms with Gasteiger partial charge < -0.3 is 9.47 Å². The first kappa shape index (κ1) is 12.3. The molecule has 5 heteroatoms. The van der Waals surface area contributed by atoms with E-state index in [0.29, 0.717) is 34.3 Å². The quantitative estimate of drug-likeness (QED) is 0.456. The molecule has 0 aliphatic rings. The van der Waals surface area contributed by atoms with Gasteiger partial charge >= 0.3 is 0 Å². The van der Waals surface area contributed by atoms with Crippen LogP contribution in [0.3, 0.4) is 0 Å². The number of benzene rings is 1. The topological polar surface area (TPSA) is 35.5 Å². The average molecular weight is 249 g/mol. The van der Waals surface area contributed by atoms with E-state index in [-0.39, 0.29) is 6.79 Å². The zero-order valence-electron chi connectivity index (χ0n) is 8.13. The molecular formula is C10H10Cl2O3. The molecule has 0 N–H and O–H groups in total. The number of aldehydes is 1. The number of carbonyl (C=O) groups excluding carboxylic acids is 1. The minimum atomic E-state index is 0.0543.